The third-order valence-corrected chi connectivity index (χ3v) is 2.85. The van der Waals surface area contributed by atoms with Crippen molar-refractivity contribution >= 4 is 38.5 Å². The molecule has 0 unspecified atom stereocenters. The maximum Gasteiger partial charge on any atom is 0.573 e. The third kappa shape index (κ3) is 4.31. The van der Waals surface area contributed by atoms with Crippen molar-refractivity contribution in [2.24, 2.45) is 0 Å². The second-order valence-corrected chi connectivity index (χ2v) is 4.56. The maximum absolute atomic E-state index is 12.2. The molecular formula is C9H5BrF3IN2O. The Morgan fingerprint density at radius 1 is 1.53 bits per heavy atom. The van der Waals surface area contributed by atoms with Crippen LogP contribution in [0.15, 0.2) is 6.07 Å². The summed E-state index contributed by atoms with van der Waals surface area (Å²) in [6, 6.07) is 3.23. The van der Waals surface area contributed by atoms with E-state index in [1.54, 1.807) is 6.07 Å². The topological polar surface area (TPSA) is 45.9 Å². The summed E-state index contributed by atoms with van der Waals surface area (Å²) in [6.45, 7) is 0. The summed E-state index contributed by atoms with van der Waals surface area (Å²) in [5.74, 6) is -0.392. The third-order valence-electron chi connectivity index (χ3n) is 1.70. The largest absolute Gasteiger partial charge is 0.573 e. The fraction of sp³-hybridized carbons (Fsp3) is 0.333. The van der Waals surface area contributed by atoms with Crippen LogP contribution >= 0.6 is 38.5 Å². The molecule has 8 heteroatoms. The van der Waals surface area contributed by atoms with Gasteiger partial charge in [0.15, 0.2) is 5.75 Å². The van der Waals surface area contributed by atoms with Gasteiger partial charge in [-0.05, 0) is 28.7 Å². The quantitative estimate of drug-likeness (QED) is 0.427. The van der Waals surface area contributed by atoms with Gasteiger partial charge in [0.2, 0.25) is 0 Å². The number of halogens is 5. The van der Waals surface area contributed by atoms with Gasteiger partial charge in [0.1, 0.15) is 3.70 Å². The first-order valence-electron chi connectivity index (χ1n) is 4.24. The van der Waals surface area contributed by atoms with Crippen molar-refractivity contribution in [2.75, 3.05) is 0 Å². The number of pyridine rings is 1. The number of aromatic nitrogens is 1. The monoisotopic (exact) mass is 420 g/mol. The van der Waals surface area contributed by atoms with E-state index in [9.17, 15) is 13.2 Å². The molecule has 0 N–H and O–H groups in total. The zero-order chi connectivity index (χ0) is 13.1. The maximum atomic E-state index is 12.2. The lowest BCUT2D eigenvalue weighted by atomic mass is 10.2. The second kappa shape index (κ2) is 5.86. The summed E-state index contributed by atoms with van der Waals surface area (Å²) < 4.78 is 41.1. The summed E-state index contributed by atoms with van der Waals surface area (Å²) in [7, 11) is 0. The number of nitriles is 1. The number of hydrogen-bond donors (Lipinski definition) is 0. The minimum Gasteiger partial charge on any atom is -0.403 e. The Hall–Kier alpha value is -0.560. The molecule has 0 aliphatic heterocycles. The molecule has 0 saturated heterocycles. The Labute approximate surface area is 117 Å². The van der Waals surface area contributed by atoms with E-state index in [1.807, 2.05) is 22.6 Å². The predicted octanol–water partition coefficient (Wildman–Crippen LogP) is 3.55. The SMILES string of the molecule is N#CCc1nc(I)cc(CBr)c1OC(F)(F)F. The molecule has 0 amide bonds. The van der Waals surface area contributed by atoms with Crippen LogP contribution < -0.4 is 4.74 Å². The smallest absolute Gasteiger partial charge is 0.403 e. The van der Waals surface area contributed by atoms with Crippen LogP contribution in [0.4, 0.5) is 13.2 Å². The molecule has 0 spiro atoms. The lowest BCUT2D eigenvalue weighted by Gasteiger charge is -2.14. The molecule has 0 saturated carbocycles. The molecule has 1 rings (SSSR count). The van der Waals surface area contributed by atoms with Gasteiger partial charge in [-0.1, -0.05) is 15.9 Å². The van der Waals surface area contributed by atoms with Crippen LogP contribution in [0.3, 0.4) is 0 Å². The van der Waals surface area contributed by atoms with Gasteiger partial charge in [0.05, 0.1) is 18.2 Å². The van der Waals surface area contributed by atoms with Gasteiger partial charge >= 0.3 is 6.36 Å². The minimum atomic E-state index is -4.80. The molecule has 0 aliphatic carbocycles. The summed E-state index contributed by atoms with van der Waals surface area (Å²) in [5, 5.41) is 8.75. The van der Waals surface area contributed by atoms with E-state index in [1.165, 1.54) is 6.07 Å². The Morgan fingerprint density at radius 2 is 2.18 bits per heavy atom. The van der Waals surface area contributed by atoms with Gasteiger partial charge in [-0.15, -0.1) is 13.2 Å². The molecule has 1 aromatic heterocycles. The number of hydrogen-bond acceptors (Lipinski definition) is 3. The van der Waals surface area contributed by atoms with Gasteiger partial charge in [0, 0.05) is 10.9 Å². The van der Waals surface area contributed by atoms with E-state index in [0.29, 0.717) is 9.26 Å². The van der Waals surface area contributed by atoms with Crippen molar-refractivity contribution in [1.29, 1.82) is 5.26 Å². The summed E-state index contributed by atoms with van der Waals surface area (Å²) in [5.41, 5.74) is 0.304. The summed E-state index contributed by atoms with van der Waals surface area (Å²) >= 11 is 4.94. The van der Waals surface area contributed by atoms with Crippen LogP contribution in [0.1, 0.15) is 11.3 Å². The minimum absolute atomic E-state index is 0.00817. The van der Waals surface area contributed by atoms with Crippen molar-refractivity contribution in [1.82, 2.24) is 4.98 Å². The highest BCUT2D eigenvalue weighted by atomic mass is 127. The summed E-state index contributed by atoms with van der Waals surface area (Å²) in [6.07, 6.45) is -5.03. The van der Waals surface area contributed by atoms with Gasteiger partial charge in [-0.2, -0.15) is 5.26 Å². The molecule has 0 aliphatic rings. The molecule has 1 heterocycles. The lowest BCUT2D eigenvalue weighted by Crippen LogP contribution is -2.20. The van der Waals surface area contributed by atoms with E-state index in [-0.39, 0.29) is 17.4 Å². The van der Waals surface area contributed by atoms with Crippen molar-refractivity contribution in [3.05, 3.63) is 21.0 Å². The van der Waals surface area contributed by atoms with E-state index < -0.39 is 12.1 Å². The molecule has 0 fully saturated rings. The Bertz CT molecular complexity index is 459. The fourth-order valence-corrected chi connectivity index (χ4v) is 2.22. The van der Waals surface area contributed by atoms with Crippen LogP contribution in [-0.2, 0) is 11.8 Å². The van der Waals surface area contributed by atoms with Crippen LogP contribution in [0.5, 0.6) is 5.75 Å². The summed E-state index contributed by atoms with van der Waals surface area (Å²) in [4.78, 5) is 3.87. The number of alkyl halides is 4. The first kappa shape index (κ1) is 14.5. The highest BCUT2D eigenvalue weighted by molar-refractivity contribution is 14.1. The van der Waals surface area contributed by atoms with Crippen molar-refractivity contribution in [3.8, 4) is 11.8 Å². The molecule has 3 nitrogen and oxygen atoms in total. The zero-order valence-electron chi connectivity index (χ0n) is 8.18. The van der Waals surface area contributed by atoms with Crippen molar-refractivity contribution < 1.29 is 17.9 Å². The van der Waals surface area contributed by atoms with Gasteiger partial charge in [-0.3, -0.25) is 0 Å². The fourth-order valence-electron chi connectivity index (χ4n) is 1.14. The molecule has 0 bridgehead atoms. The van der Waals surface area contributed by atoms with Crippen molar-refractivity contribution in [2.45, 2.75) is 18.1 Å². The van der Waals surface area contributed by atoms with E-state index >= 15 is 0 Å². The molecular weight excluding hydrogens is 416 g/mol. The highest BCUT2D eigenvalue weighted by Gasteiger charge is 2.33. The Kier molecular flexibility index (Phi) is 5.00. The van der Waals surface area contributed by atoms with Gasteiger partial charge in [0.25, 0.3) is 0 Å². The molecule has 92 valence electrons. The number of rotatable bonds is 3. The van der Waals surface area contributed by atoms with E-state index in [0.717, 1.165) is 0 Å². The second-order valence-electron chi connectivity index (χ2n) is 2.90. The first-order chi connectivity index (χ1) is 7.87. The molecule has 0 atom stereocenters. The van der Waals surface area contributed by atoms with E-state index in [2.05, 4.69) is 25.7 Å². The van der Waals surface area contributed by atoms with Crippen LogP contribution in [0, 0.1) is 15.0 Å². The van der Waals surface area contributed by atoms with Crippen LogP contribution in [0.25, 0.3) is 0 Å². The Morgan fingerprint density at radius 3 is 2.65 bits per heavy atom. The molecule has 0 aromatic carbocycles. The average Bonchev–Trinajstić information content (AvgIpc) is 2.20. The Balaban J connectivity index is 3.27. The highest BCUT2D eigenvalue weighted by Crippen LogP contribution is 2.31. The molecule has 17 heavy (non-hydrogen) atoms. The number of ether oxygens (including phenoxy) is 1. The zero-order valence-corrected chi connectivity index (χ0v) is 11.9. The molecule has 1 aromatic rings. The average molecular weight is 421 g/mol. The van der Waals surface area contributed by atoms with Crippen molar-refractivity contribution in [3.63, 3.8) is 0 Å². The van der Waals surface area contributed by atoms with Gasteiger partial charge in [-0.25, -0.2) is 4.98 Å². The first-order valence-corrected chi connectivity index (χ1v) is 6.44. The van der Waals surface area contributed by atoms with Crippen LogP contribution in [-0.4, -0.2) is 11.3 Å². The predicted molar refractivity (Wildman–Crippen MR) is 65.6 cm³/mol. The number of nitrogens with zero attached hydrogens (tertiary/aromatic N) is 2. The van der Waals surface area contributed by atoms with E-state index in [4.69, 9.17) is 5.26 Å². The standard InChI is InChI=1S/C9H5BrF3IN2O/c10-4-5-3-7(14)16-6(1-2-15)8(5)17-9(11,12)13/h3H,1,4H2. The molecule has 0 radical (unpaired) electrons. The normalized spacial score (nSPS) is 11.1. The van der Waals surface area contributed by atoms with Crippen LogP contribution in [0.2, 0.25) is 0 Å². The van der Waals surface area contributed by atoms with Gasteiger partial charge < -0.3 is 4.74 Å². The lowest BCUT2D eigenvalue weighted by molar-refractivity contribution is -0.275.